The van der Waals surface area contributed by atoms with Crippen LogP contribution in [0, 0.1) is 0 Å². The second-order valence-electron chi connectivity index (χ2n) is 5.48. The summed E-state index contributed by atoms with van der Waals surface area (Å²) in [5.74, 6) is 1.16. The molecule has 6 heteroatoms. The second-order valence-corrected chi connectivity index (χ2v) is 7.86. The van der Waals surface area contributed by atoms with Crippen molar-refractivity contribution in [3.05, 3.63) is 19.0 Å². The normalized spacial score (nSPS) is 18.2. The Kier molecular flexibility index (Phi) is 3.39. The lowest BCUT2D eigenvalue weighted by Crippen LogP contribution is -2.23. The van der Waals surface area contributed by atoms with E-state index in [1.54, 1.807) is 0 Å². The molecule has 1 saturated heterocycles. The molecule has 106 valence electrons. The van der Waals surface area contributed by atoms with E-state index in [0.29, 0.717) is 0 Å². The van der Waals surface area contributed by atoms with Crippen molar-refractivity contribution in [2.24, 2.45) is 0 Å². The number of hydrogen-bond donors (Lipinski definition) is 0. The Bertz CT molecular complexity index is 702. The zero-order chi connectivity index (χ0) is 13.9. The molecule has 0 aliphatic carbocycles. The molecule has 3 heterocycles. The minimum atomic E-state index is 1.06. The molecule has 0 N–H and O–H groups in total. The first-order chi connectivity index (χ1) is 9.68. The number of rotatable bonds is 1. The van der Waals surface area contributed by atoms with Gasteiger partial charge in [0.15, 0.2) is 0 Å². The standard InChI is InChI=1S/C14H14Br3N3/c15-9-8-4-3-7-20-13(8)12(11(17)10(9)16)18-14(20)19-5-1-2-6-19/h1-7H2. The first-order valence-electron chi connectivity index (χ1n) is 6.99. The van der Waals surface area contributed by atoms with E-state index in [-0.39, 0.29) is 0 Å². The molecule has 1 aromatic carbocycles. The SMILES string of the molecule is Brc1c(Br)c2c3c(nc(N4CCCC4)n3CCC2)c1Br. The number of anilines is 1. The van der Waals surface area contributed by atoms with Crippen LogP contribution in [0.5, 0.6) is 0 Å². The average Bonchev–Trinajstić information content (AvgIpc) is 3.10. The monoisotopic (exact) mass is 461 g/mol. The fourth-order valence-electron chi connectivity index (χ4n) is 3.35. The molecule has 4 rings (SSSR count). The number of aromatic nitrogens is 2. The summed E-state index contributed by atoms with van der Waals surface area (Å²) in [7, 11) is 0. The van der Waals surface area contributed by atoms with Gasteiger partial charge in [-0.15, -0.1) is 0 Å². The van der Waals surface area contributed by atoms with Crippen LogP contribution in [0.3, 0.4) is 0 Å². The lowest BCUT2D eigenvalue weighted by Gasteiger charge is -2.22. The van der Waals surface area contributed by atoms with Crippen LogP contribution in [0.2, 0.25) is 0 Å². The molecular formula is C14H14Br3N3. The van der Waals surface area contributed by atoms with Gasteiger partial charge in [0.1, 0.15) is 5.52 Å². The average molecular weight is 464 g/mol. The Morgan fingerprint density at radius 3 is 2.35 bits per heavy atom. The summed E-state index contributed by atoms with van der Waals surface area (Å²) in [6.07, 6.45) is 4.87. The Labute approximate surface area is 143 Å². The third-order valence-corrected chi connectivity index (χ3v) is 7.79. The largest absolute Gasteiger partial charge is 0.342 e. The van der Waals surface area contributed by atoms with Gasteiger partial charge >= 0.3 is 0 Å². The van der Waals surface area contributed by atoms with E-state index >= 15 is 0 Å². The van der Waals surface area contributed by atoms with Crippen LogP contribution < -0.4 is 4.90 Å². The van der Waals surface area contributed by atoms with E-state index in [1.807, 2.05) is 0 Å². The molecule has 20 heavy (non-hydrogen) atoms. The van der Waals surface area contributed by atoms with Gasteiger partial charge in [0.05, 0.1) is 9.99 Å². The Morgan fingerprint density at radius 2 is 1.60 bits per heavy atom. The minimum absolute atomic E-state index is 1.06. The van der Waals surface area contributed by atoms with Crippen molar-refractivity contribution >= 4 is 64.8 Å². The third kappa shape index (κ3) is 1.83. The molecular weight excluding hydrogens is 450 g/mol. The smallest absolute Gasteiger partial charge is 0.206 e. The quantitative estimate of drug-likeness (QED) is 0.562. The molecule has 0 radical (unpaired) electrons. The molecule has 0 unspecified atom stereocenters. The number of nitrogens with zero attached hydrogens (tertiary/aromatic N) is 3. The zero-order valence-corrected chi connectivity index (χ0v) is 15.7. The summed E-state index contributed by atoms with van der Waals surface area (Å²) < 4.78 is 5.73. The number of aryl methyl sites for hydroxylation is 2. The molecule has 0 bridgehead atoms. The second kappa shape index (κ2) is 4.99. The molecule has 1 aromatic heterocycles. The predicted molar refractivity (Wildman–Crippen MR) is 92.6 cm³/mol. The molecule has 2 aromatic rings. The van der Waals surface area contributed by atoms with Crippen LogP contribution in [0.4, 0.5) is 5.95 Å². The van der Waals surface area contributed by atoms with Crippen molar-refractivity contribution in [1.82, 2.24) is 9.55 Å². The topological polar surface area (TPSA) is 21.1 Å². The first kappa shape index (κ1) is 13.6. The maximum atomic E-state index is 4.96. The van der Waals surface area contributed by atoms with E-state index in [0.717, 1.165) is 46.5 Å². The molecule has 2 aliphatic heterocycles. The molecule has 2 aliphatic rings. The van der Waals surface area contributed by atoms with Crippen molar-refractivity contribution < 1.29 is 0 Å². The number of benzene rings is 1. The van der Waals surface area contributed by atoms with E-state index in [1.165, 1.54) is 34.8 Å². The van der Waals surface area contributed by atoms with Crippen LogP contribution in [-0.4, -0.2) is 22.6 Å². The summed E-state index contributed by atoms with van der Waals surface area (Å²) in [5.41, 5.74) is 3.79. The van der Waals surface area contributed by atoms with Gasteiger partial charge in [-0.3, -0.25) is 0 Å². The number of imidazole rings is 1. The van der Waals surface area contributed by atoms with Crippen LogP contribution in [0.1, 0.15) is 24.8 Å². The van der Waals surface area contributed by atoms with E-state index in [2.05, 4.69) is 57.3 Å². The van der Waals surface area contributed by atoms with Crippen molar-refractivity contribution in [3.63, 3.8) is 0 Å². The molecule has 3 nitrogen and oxygen atoms in total. The van der Waals surface area contributed by atoms with E-state index in [9.17, 15) is 0 Å². The zero-order valence-electron chi connectivity index (χ0n) is 10.9. The summed E-state index contributed by atoms with van der Waals surface area (Å²) in [4.78, 5) is 7.39. The van der Waals surface area contributed by atoms with Gasteiger partial charge in [0.2, 0.25) is 5.95 Å². The maximum absolute atomic E-state index is 4.96. The third-order valence-electron chi connectivity index (χ3n) is 4.29. The van der Waals surface area contributed by atoms with Crippen molar-refractivity contribution in [3.8, 4) is 0 Å². The van der Waals surface area contributed by atoms with Gasteiger partial charge in [-0.25, -0.2) is 4.98 Å². The fourth-order valence-corrected chi connectivity index (χ4v) is 5.10. The van der Waals surface area contributed by atoms with Crippen molar-refractivity contribution in [1.29, 1.82) is 0 Å². The van der Waals surface area contributed by atoms with Crippen molar-refractivity contribution in [2.75, 3.05) is 18.0 Å². The van der Waals surface area contributed by atoms with Gasteiger partial charge in [-0.05, 0) is 79.0 Å². The van der Waals surface area contributed by atoms with Gasteiger partial charge < -0.3 is 9.47 Å². The van der Waals surface area contributed by atoms with E-state index in [4.69, 9.17) is 4.98 Å². The summed E-state index contributed by atoms with van der Waals surface area (Å²) >= 11 is 11.1. The summed E-state index contributed by atoms with van der Waals surface area (Å²) in [6, 6.07) is 0. The van der Waals surface area contributed by atoms with Crippen LogP contribution in [-0.2, 0) is 13.0 Å². The maximum Gasteiger partial charge on any atom is 0.206 e. The predicted octanol–water partition coefficient (Wildman–Crippen LogP) is 4.87. The Hall–Kier alpha value is -0.0700. The minimum Gasteiger partial charge on any atom is -0.342 e. The molecule has 0 amide bonds. The highest BCUT2D eigenvalue weighted by Crippen LogP contribution is 2.44. The van der Waals surface area contributed by atoms with Crippen LogP contribution >= 0.6 is 47.8 Å². The summed E-state index contributed by atoms with van der Waals surface area (Å²) in [6.45, 7) is 3.35. The molecule has 0 atom stereocenters. The highest BCUT2D eigenvalue weighted by atomic mass is 79.9. The van der Waals surface area contributed by atoms with Gasteiger partial charge in [-0.2, -0.15) is 0 Å². The highest BCUT2D eigenvalue weighted by molar-refractivity contribution is 9.14. The molecule has 0 spiro atoms. The first-order valence-corrected chi connectivity index (χ1v) is 9.37. The van der Waals surface area contributed by atoms with Gasteiger partial charge in [-0.1, -0.05) is 0 Å². The van der Waals surface area contributed by atoms with E-state index < -0.39 is 0 Å². The highest BCUT2D eigenvalue weighted by Gasteiger charge is 2.27. The Morgan fingerprint density at radius 1 is 0.850 bits per heavy atom. The molecule has 1 fully saturated rings. The Balaban J connectivity index is 2.05. The molecule has 0 saturated carbocycles. The van der Waals surface area contributed by atoms with Crippen molar-refractivity contribution in [2.45, 2.75) is 32.2 Å². The summed E-state index contributed by atoms with van der Waals surface area (Å²) in [5, 5.41) is 0. The fraction of sp³-hybridized carbons (Fsp3) is 0.500. The van der Waals surface area contributed by atoms with Gasteiger partial charge in [0.25, 0.3) is 0 Å². The van der Waals surface area contributed by atoms with Gasteiger partial charge in [0, 0.05) is 28.6 Å². The lowest BCUT2D eigenvalue weighted by atomic mass is 10.0. The number of hydrogen-bond acceptors (Lipinski definition) is 2. The van der Waals surface area contributed by atoms with Crippen LogP contribution in [0.25, 0.3) is 11.0 Å². The number of halogens is 3. The van der Waals surface area contributed by atoms with Crippen LogP contribution in [0.15, 0.2) is 13.4 Å². The lowest BCUT2D eigenvalue weighted by molar-refractivity contribution is 0.623.